The topological polar surface area (TPSA) is 61.8 Å². The quantitative estimate of drug-likeness (QED) is 0.598. The number of esters is 2. The van der Waals surface area contributed by atoms with Crippen LogP contribution < -0.4 is 4.74 Å². The van der Waals surface area contributed by atoms with E-state index in [-0.39, 0.29) is 11.8 Å². The maximum absolute atomic E-state index is 12.3. The fraction of sp³-hybridized carbons (Fsp3) is 0.364. The lowest BCUT2D eigenvalue weighted by atomic mass is 9.69. The summed E-state index contributed by atoms with van der Waals surface area (Å²) < 4.78 is 15.4. The molecule has 1 aliphatic rings. The molecule has 0 saturated heterocycles. The highest BCUT2D eigenvalue weighted by Crippen LogP contribution is 2.44. The van der Waals surface area contributed by atoms with Crippen molar-refractivity contribution in [1.29, 1.82) is 0 Å². The van der Waals surface area contributed by atoms with Crippen molar-refractivity contribution in [2.24, 2.45) is 11.8 Å². The number of hydrogen-bond donors (Lipinski definition) is 0. The Kier molecular flexibility index (Phi) is 5.79. The van der Waals surface area contributed by atoms with Crippen LogP contribution in [0.4, 0.5) is 0 Å². The maximum Gasteiger partial charge on any atom is 0.320 e. The predicted octanol–water partition coefficient (Wildman–Crippen LogP) is 3.35. The van der Waals surface area contributed by atoms with Crippen LogP contribution in [-0.2, 0) is 25.5 Å². The van der Waals surface area contributed by atoms with E-state index < -0.39 is 17.9 Å². The molecular formula is C22H24O5. The summed E-state index contributed by atoms with van der Waals surface area (Å²) in [6.07, 6.45) is 1.25. The van der Waals surface area contributed by atoms with Crippen molar-refractivity contribution < 1.29 is 23.8 Å². The molecule has 5 heteroatoms. The van der Waals surface area contributed by atoms with Crippen LogP contribution in [0.15, 0.2) is 48.5 Å². The van der Waals surface area contributed by atoms with Crippen molar-refractivity contribution in [2.75, 3.05) is 21.3 Å². The molecule has 3 rings (SSSR count). The van der Waals surface area contributed by atoms with E-state index in [9.17, 15) is 9.59 Å². The van der Waals surface area contributed by atoms with Crippen LogP contribution >= 0.6 is 0 Å². The van der Waals surface area contributed by atoms with Crippen molar-refractivity contribution in [3.8, 4) is 5.75 Å². The molecule has 0 aliphatic heterocycles. The Balaban J connectivity index is 2.06. The van der Waals surface area contributed by atoms with Crippen LogP contribution in [0.2, 0.25) is 0 Å². The Morgan fingerprint density at radius 3 is 2.11 bits per heavy atom. The first-order valence-electron chi connectivity index (χ1n) is 8.97. The molecule has 142 valence electrons. The van der Waals surface area contributed by atoms with Crippen LogP contribution in [0.1, 0.15) is 29.0 Å². The second-order valence-corrected chi connectivity index (χ2v) is 6.72. The van der Waals surface area contributed by atoms with E-state index in [4.69, 9.17) is 14.2 Å². The zero-order chi connectivity index (χ0) is 19.4. The van der Waals surface area contributed by atoms with E-state index in [1.165, 1.54) is 19.8 Å². The molecule has 0 spiro atoms. The number of fused-ring (bicyclic) bond motifs is 1. The van der Waals surface area contributed by atoms with Crippen LogP contribution in [-0.4, -0.2) is 33.3 Å². The number of rotatable bonds is 5. The maximum atomic E-state index is 12.3. The molecule has 0 amide bonds. The van der Waals surface area contributed by atoms with Gasteiger partial charge in [0.2, 0.25) is 0 Å². The lowest BCUT2D eigenvalue weighted by Crippen LogP contribution is -2.37. The molecule has 0 bridgehead atoms. The number of methoxy groups -OCH3 is 3. The molecule has 0 fully saturated rings. The summed E-state index contributed by atoms with van der Waals surface area (Å²) in [5.74, 6) is -1.44. The smallest absolute Gasteiger partial charge is 0.320 e. The van der Waals surface area contributed by atoms with Crippen molar-refractivity contribution >= 4 is 11.9 Å². The normalized spacial score (nSPS) is 18.5. The van der Waals surface area contributed by atoms with Gasteiger partial charge in [-0.05, 0) is 36.0 Å². The molecule has 2 aromatic carbocycles. The van der Waals surface area contributed by atoms with Gasteiger partial charge in [-0.2, -0.15) is 0 Å². The standard InChI is InChI=1S/C22H24O5/c1-25-19-11-7-6-10-17(19)18-13-15(12-14-8-4-5-9-16(14)18)20(21(23)26-2)22(24)27-3/h4-11,15,18,20H,12-13H2,1-3H3. The predicted molar refractivity (Wildman–Crippen MR) is 101 cm³/mol. The third-order valence-corrected chi connectivity index (χ3v) is 5.35. The van der Waals surface area contributed by atoms with Gasteiger partial charge < -0.3 is 14.2 Å². The number of para-hydroxylation sites is 1. The molecule has 2 atom stereocenters. The lowest BCUT2D eigenvalue weighted by molar-refractivity contribution is -0.161. The Labute approximate surface area is 159 Å². The van der Waals surface area contributed by atoms with Gasteiger partial charge in [-0.15, -0.1) is 0 Å². The van der Waals surface area contributed by atoms with Gasteiger partial charge in [0.1, 0.15) is 5.75 Å². The van der Waals surface area contributed by atoms with E-state index in [1.54, 1.807) is 7.11 Å². The van der Waals surface area contributed by atoms with E-state index in [0.717, 1.165) is 16.9 Å². The third kappa shape index (κ3) is 3.68. The van der Waals surface area contributed by atoms with Gasteiger partial charge in [-0.3, -0.25) is 9.59 Å². The fourth-order valence-electron chi connectivity index (χ4n) is 4.09. The summed E-state index contributed by atoms with van der Waals surface area (Å²) in [6, 6.07) is 16.0. The number of carbonyl (C=O) groups is 2. The average molecular weight is 368 g/mol. The first-order valence-corrected chi connectivity index (χ1v) is 8.97. The third-order valence-electron chi connectivity index (χ3n) is 5.35. The lowest BCUT2D eigenvalue weighted by Gasteiger charge is -2.34. The van der Waals surface area contributed by atoms with Crippen LogP contribution in [0, 0.1) is 11.8 Å². The molecule has 1 aliphatic carbocycles. The Hall–Kier alpha value is -2.82. The molecule has 0 radical (unpaired) electrons. The second-order valence-electron chi connectivity index (χ2n) is 6.72. The van der Waals surface area contributed by atoms with Crippen molar-refractivity contribution in [3.63, 3.8) is 0 Å². The van der Waals surface area contributed by atoms with Gasteiger partial charge in [0.05, 0.1) is 21.3 Å². The highest BCUT2D eigenvalue weighted by molar-refractivity contribution is 5.95. The summed E-state index contributed by atoms with van der Waals surface area (Å²) in [5, 5.41) is 0. The average Bonchev–Trinajstić information content (AvgIpc) is 2.72. The highest BCUT2D eigenvalue weighted by atomic mass is 16.5. The minimum absolute atomic E-state index is 0.0212. The zero-order valence-corrected chi connectivity index (χ0v) is 15.8. The molecule has 0 heterocycles. The summed E-state index contributed by atoms with van der Waals surface area (Å²) in [4.78, 5) is 24.7. The van der Waals surface area contributed by atoms with Gasteiger partial charge in [0.15, 0.2) is 5.92 Å². The van der Waals surface area contributed by atoms with Crippen LogP contribution in [0.25, 0.3) is 0 Å². The zero-order valence-electron chi connectivity index (χ0n) is 15.8. The molecule has 0 aromatic heterocycles. The summed E-state index contributed by atoms with van der Waals surface area (Å²) in [7, 11) is 4.25. The monoisotopic (exact) mass is 368 g/mol. The number of benzene rings is 2. The van der Waals surface area contributed by atoms with Crippen molar-refractivity contribution in [1.82, 2.24) is 0 Å². The molecule has 0 saturated carbocycles. The molecule has 5 nitrogen and oxygen atoms in total. The number of carbonyl (C=O) groups excluding carboxylic acids is 2. The highest BCUT2D eigenvalue weighted by Gasteiger charge is 2.41. The SMILES string of the molecule is COC(=O)C(C(=O)OC)C1Cc2ccccc2C(c2ccccc2OC)C1. The van der Waals surface area contributed by atoms with Crippen LogP contribution in [0.3, 0.4) is 0 Å². The molecule has 27 heavy (non-hydrogen) atoms. The van der Waals surface area contributed by atoms with E-state index in [2.05, 4.69) is 12.1 Å². The van der Waals surface area contributed by atoms with E-state index in [1.807, 2.05) is 36.4 Å². The molecule has 2 aromatic rings. The molecule has 2 unspecified atom stereocenters. The first-order chi connectivity index (χ1) is 13.1. The first kappa shape index (κ1) is 19.0. The van der Waals surface area contributed by atoms with Gasteiger partial charge >= 0.3 is 11.9 Å². The number of hydrogen-bond acceptors (Lipinski definition) is 5. The van der Waals surface area contributed by atoms with Crippen LogP contribution in [0.5, 0.6) is 5.75 Å². The molecular weight excluding hydrogens is 344 g/mol. The van der Waals surface area contributed by atoms with E-state index >= 15 is 0 Å². The number of ether oxygens (including phenoxy) is 3. The minimum Gasteiger partial charge on any atom is -0.496 e. The Morgan fingerprint density at radius 1 is 0.889 bits per heavy atom. The van der Waals surface area contributed by atoms with Crippen molar-refractivity contribution in [2.45, 2.75) is 18.8 Å². The Morgan fingerprint density at radius 2 is 1.48 bits per heavy atom. The molecule has 0 N–H and O–H groups in total. The van der Waals surface area contributed by atoms with Crippen molar-refractivity contribution in [3.05, 3.63) is 65.2 Å². The second kappa shape index (κ2) is 8.25. The largest absolute Gasteiger partial charge is 0.496 e. The summed E-state index contributed by atoms with van der Waals surface area (Å²) in [5.41, 5.74) is 3.37. The van der Waals surface area contributed by atoms with Gasteiger partial charge in [0, 0.05) is 11.5 Å². The van der Waals surface area contributed by atoms with Gasteiger partial charge in [0.25, 0.3) is 0 Å². The van der Waals surface area contributed by atoms with Gasteiger partial charge in [-0.1, -0.05) is 42.5 Å². The summed E-state index contributed by atoms with van der Waals surface area (Å²) >= 11 is 0. The Bertz CT molecular complexity index is 813. The fourth-order valence-corrected chi connectivity index (χ4v) is 4.09. The summed E-state index contributed by atoms with van der Waals surface area (Å²) in [6.45, 7) is 0. The van der Waals surface area contributed by atoms with E-state index in [0.29, 0.717) is 12.8 Å². The minimum atomic E-state index is -0.939. The van der Waals surface area contributed by atoms with Gasteiger partial charge in [-0.25, -0.2) is 0 Å².